The Labute approximate surface area is 580 Å². The second kappa shape index (κ2) is 21.4. The molecule has 23 rings (SSSR count). The van der Waals surface area contributed by atoms with Crippen molar-refractivity contribution in [3.8, 4) is 46.0 Å². The van der Waals surface area contributed by atoms with Gasteiger partial charge in [0.2, 0.25) is 0 Å². The number of fused-ring (bicyclic) bond motifs is 17. The Kier molecular flexibility index (Phi) is 11.8. The Bertz CT molecular complexity index is 5600. The molecule has 0 radical (unpaired) electrons. The van der Waals surface area contributed by atoms with E-state index in [-0.39, 0.29) is 26.9 Å². The first-order chi connectivity index (χ1) is 49.6. The van der Waals surface area contributed by atoms with Gasteiger partial charge in [-0.15, -0.1) is 0 Å². The zero-order chi connectivity index (χ0) is 65.3. The van der Waals surface area contributed by atoms with Gasteiger partial charge in [0.05, 0.1) is 0 Å². The molecular weight excluding hydrogens is 1220 g/mol. The lowest BCUT2D eigenvalue weighted by Gasteiger charge is -2.42. The number of rotatable bonds is 4. The summed E-state index contributed by atoms with van der Waals surface area (Å²) < 4.78 is 27.5. The highest BCUT2D eigenvalue weighted by molar-refractivity contribution is 7.02. The summed E-state index contributed by atoms with van der Waals surface area (Å²) in [6.45, 7) is 0.0739. The molecular formula is C88H54B4N4O4. The van der Waals surface area contributed by atoms with E-state index in [1.807, 2.05) is 0 Å². The second-order valence-corrected chi connectivity index (χ2v) is 26.9. The summed E-state index contributed by atoms with van der Waals surface area (Å²) in [6.07, 6.45) is 0. The third-order valence-corrected chi connectivity index (χ3v) is 21.7. The van der Waals surface area contributed by atoms with Crippen molar-refractivity contribution < 1.29 is 18.9 Å². The summed E-state index contributed by atoms with van der Waals surface area (Å²) in [6, 6.07) is 117. The van der Waals surface area contributed by atoms with Gasteiger partial charge in [-0.25, -0.2) is 0 Å². The molecule has 15 aromatic carbocycles. The van der Waals surface area contributed by atoms with E-state index >= 15 is 0 Å². The monoisotopic (exact) mass is 1270 g/mol. The molecule has 0 fully saturated rings. The predicted octanol–water partition coefficient (Wildman–Crippen LogP) is 14.1. The first-order valence-electron chi connectivity index (χ1n) is 34.4. The SMILES string of the molecule is c1ccc(N2c3ccccc3B3c4cc5c(cc4Oc4cccc2c43)B2c3ccccc3N(c3ccccc3)c3cccc(c32)O5)cc1.c1ccc(N2c3ccccc3B3c4cc5cc6c(cc5cc4Oc4cccc2c43)B2c3ccccc3N(c3ccccc3)c3cccc(c32)O6)cc1. The lowest BCUT2D eigenvalue weighted by molar-refractivity contribution is 0.476. The molecule has 0 aromatic heterocycles. The van der Waals surface area contributed by atoms with Crippen LogP contribution in [0.4, 0.5) is 68.2 Å². The van der Waals surface area contributed by atoms with Crippen molar-refractivity contribution in [3.05, 3.63) is 328 Å². The average molecular weight is 1270 g/mol. The quantitative estimate of drug-likeness (QED) is 0.162. The van der Waals surface area contributed by atoms with Gasteiger partial charge in [0.15, 0.2) is 0 Å². The van der Waals surface area contributed by atoms with Crippen molar-refractivity contribution in [2.75, 3.05) is 19.6 Å². The van der Waals surface area contributed by atoms with Crippen LogP contribution in [0, 0.1) is 0 Å². The molecule has 0 atom stereocenters. The maximum absolute atomic E-state index is 6.90. The number of anilines is 12. The van der Waals surface area contributed by atoms with E-state index < -0.39 is 0 Å². The first-order valence-corrected chi connectivity index (χ1v) is 34.4. The molecule has 8 aliphatic rings. The Morgan fingerprint density at radius 3 is 0.660 bits per heavy atom. The summed E-state index contributed by atoms with van der Waals surface area (Å²) in [5.74, 6) is 7.20. The third-order valence-electron chi connectivity index (χ3n) is 21.7. The third kappa shape index (κ3) is 7.98. The molecule has 8 heterocycles. The predicted molar refractivity (Wildman–Crippen MR) is 414 cm³/mol. The summed E-state index contributed by atoms with van der Waals surface area (Å²) >= 11 is 0. The average Bonchev–Trinajstić information content (AvgIpc) is 0.726. The molecule has 0 unspecified atom stereocenters. The van der Waals surface area contributed by atoms with Gasteiger partial charge in [-0.3, -0.25) is 0 Å². The van der Waals surface area contributed by atoms with Crippen LogP contribution in [0.3, 0.4) is 0 Å². The van der Waals surface area contributed by atoms with Crippen LogP contribution in [0.25, 0.3) is 10.8 Å². The van der Waals surface area contributed by atoms with Crippen LogP contribution in [0.5, 0.6) is 46.0 Å². The molecule has 8 aliphatic heterocycles. The second-order valence-electron chi connectivity index (χ2n) is 26.9. The van der Waals surface area contributed by atoms with Gasteiger partial charge in [0.25, 0.3) is 26.9 Å². The summed E-state index contributed by atoms with van der Waals surface area (Å²) in [5, 5.41) is 2.28. The van der Waals surface area contributed by atoms with Gasteiger partial charge in [0.1, 0.15) is 46.0 Å². The minimum Gasteiger partial charge on any atom is -0.458 e. The van der Waals surface area contributed by atoms with Crippen molar-refractivity contribution in [3.63, 3.8) is 0 Å². The van der Waals surface area contributed by atoms with Crippen molar-refractivity contribution >= 4 is 171 Å². The van der Waals surface area contributed by atoms with Gasteiger partial charge in [-0.2, -0.15) is 0 Å². The fourth-order valence-electron chi connectivity index (χ4n) is 17.7. The highest BCUT2D eigenvalue weighted by Gasteiger charge is 2.48. The van der Waals surface area contributed by atoms with E-state index in [2.05, 4.69) is 347 Å². The van der Waals surface area contributed by atoms with Crippen LogP contribution in [0.1, 0.15) is 0 Å². The van der Waals surface area contributed by atoms with E-state index in [9.17, 15) is 0 Å². The molecule has 0 bridgehead atoms. The van der Waals surface area contributed by atoms with Crippen LogP contribution < -0.4 is 104 Å². The van der Waals surface area contributed by atoms with E-state index in [0.717, 1.165) is 113 Å². The molecule has 100 heavy (non-hydrogen) atoms. The molecule has 0 saturated heterocycles. The minimum atomic E-state index is 0.00459. The minimum absolute atomic E-state index is 0.00459. The van der Waals surface area contributed by atoms with E-state index in [4.69, 9.17) is 18.9 Å². The van der Waals surface area contributed by atoms with E-state index in [1.54, 1.807) is 0 Å². The Hall–Kier alpha value is -12.8. The summed E-state index contributed by atoms with van der Waals surface area (Å²) in [7, 11) is 0. The van der Waals surface area contributed by atoms with Crippen LogP contribution in [-0.4, -0.2) is 26.9 Å². The number of hydrogen-bond donors (Lipinski definition) is 0. The van der Waals surface area contributed by atoms with Crippen molar-refractivity contribution in [2.24, 2.45) is 0 Å². The lowest BCUT2D eigenvalue weighted by Crippen LogP contribution is -2.62. The van der Waals surface area contributed by atoms with Gasteiger partial charge in [-0.05, 0) is 222 Å². The van der Waals surface area contributed by atoms with Gasteiger partial charge in [-0.1, -0.05) is 182 Å². The number of hydrogen-bond acceptors (Lipinski definition) is 8. The fraction of sp³-hybridized carbons (Fsp3) is 0. The topological polar surface area (TPSA) is 49.9 Å². The Morgan fingerprint density at radius 1 is 0.170 bits per heavy atom. The highest BCUT2D eigenvalue weighted by Crippen LogP contribution is 2.47. The molecule has 0 N–H and O–H groups in total. The van der Waals surface area contributed by atoms with Crippen LogP contribution in [0.15, 0.2) is 328 Å². The zero-order valence-electron chi connectivity index (χ0n) is 53.9. The van der Waals surface area contributed by atoms with Crippen LogP contribution in [0.2, 0.25) is 0 Å². The number of para-hydroxylation sites is 8. The zero-order valence-corrected chi connectivity index (χ0v) is 53.9. The van der Waals surface area contributed by atoms with Crippen molar-refractivity contribution in [1.82, 2.24) is 0 Å². The Balaban J connectivity index is 0.000000128. The molecule has 0 spiro atoms. The standard InChI is InChI=1S/C46H28B2N2O2.C42H26B2N2O2/c1-3-13-31(14-4-1)49-37-19-9-7-17-33(37)47-35-25-29-28-44-36(26-30(29)27-43(35)51-41-23-11-21-39(49)45(41)47)48-34-18-8-10-20-38(34)50(32-15-5-2-6-16-32)40-22-12-24-42(52-44)46(40)48;1-3-13-27(14-4-1)45-33-19-9-7-17-29(33)43-31-25-40-32(26-39(31)47-37-23-11-21-35(45)41(37)43)44-30-18-8-10-20-34(30)46(28-15-5-2-6-16-28)36-22-12-24-38(48-40)42(36)44/h1-28H;1-26H. The van der Waals surface area contributed by atoms with Crippen molar-refractivity contribution in [1.29, 1.82) is 0 Å². The van der Waals surface area contributed by atoms with Crippen LogP contribution >= 0.6 is 0 Å². The summed E-state index contributed by atoms with van der Waals surface area (Å²) in [5.41, 5.74) is 28.3. The highest BCUT2D eigenvalue weighted by atomic mass is 16.5. The Morgan fingerprint density at radius 2 is 0.390 bits per heavy atom. The molecule has 15 aromatic rings. The van der Waals surface area contributed by atoms with Gasteiger partial charge >= 0.3 is 0 Å². The smallest absolute Gasteiger partial charge is 0.256 e. The van der Waals surface area contributed by atoms with E-state index in [0.29, 0.717) is 0 Å². The maximum atomic E-state index is 6.90. The van der Waals surface area contributed by atoms with Gasteiger partial charge < -0.3 is 38.5 Å². The van der Waals surface area contributed by atoms with E-state index in [1.165, 1.54) is 77.4 Å². The molecule has 0 amide bonds. The van der Waals surface area contributed by atoms with Crippen LogP contribution in [-0.2, 0) is 0 Å². The molecule has 12 heteroatoms. The fourth-order valence-corrected chi connectivity index (χ4v) is 17.7. The summed E-state index contributed by atoms with van der Waals surface area (Å²) in [4.78, 5) is 9.47. The molecule has 0 aliphatic carbocycles. The first kappa shape index (κ1) is 55.4. The molecule has 462 valence electrons. The van der Waals surface area contributed by atoms with Crippen molar-refractivity contribution in [2.45, 2.75) is 0 Å². The molecule has 0 saturated carbocycles. The molecule has 8 nitrogen and oxygen atoms in total. The largest absolute Gasteiger partial charge is 0.458 e. The number of benzene rings is 15. The normalized spacial score (nSPS) is 14.0. The van der Waals surface area contributed by atoms with Gasteiger partial charge in [0, 0.05) is 68.2 Å². The lowest BCUT2D eigenvalue weighted by atomic mass is 9.32. The number of ether oxygens (including phenoxy) is 4. The number of nitrogens with zero attached hydrogens (tertiary/aromatic N) is 4. The maximum Gasteiger partial charge on any atom is 0.256 e.